The van der Waals surface area contributed by atoms with Gasteiger partial charge in [-0.2, -0.15) is 0 Å². The second-order valence-electron chi connectivity index (χ2n) is 3.66. The molecule has 5 heteroatoms. The minimum atomic E-state index is -0.904. The number of aliphatic hydroxyl groups excluding tert-OH is 1. The second kappa shape index (κ2) is 5.57. The smallest absolute Gasteiger partial charge is 0.136 e. The number of benzene rings is 1. The number of aliphatic hydroxyl groups is 1. The summed E-state index contributed by atoms with van der Waals surface area (Å²) in [4.78, 5) is 3.91. The third-order valence-electron chi connectivity index (χ3n) is 2.57. The number of hydrogen-bond donors (Lipinski definition) is 1. The van der Waals surface area contributed by atoms with Crippen molar-refractivity contribution in [2.45, 2.75) is 6.10 Å². The van der Waals surface area contributed by atoms with E-state index in [2.05, 4.69) is 4.98 Å². The van der Waals surface area contributed by atoms with Gasteiger partial charge in [0.2, 0.25) is 0 Å². The van der Waals surface area contributed by atoms with Crippen LogP contribution in [-0.2, 0) is 0 Å². The molecule has 18 heavy (non-hydrogen) atoms. The van der Waals surface area contributed by atoms with Gasteiger partial charge in [0.1, 0.15) is 22.2 Å². The lowest BCUT2D eigenvalue weighted by atomic mass is 10.0. The molecule has 0 saturated heterocycles. The first kappa shape index (κ1) is 13.1. The van der Waals surface area contributed by atoms with Crippen molar-refractivity contribution in [3.8, 4) is 5.75 Å². The van der Waals surface area contributed by atoms with Gasteiger partial charge in [0.15, 0.2) is 0 Å². The number of nitrogens with zero attached hydrogens (tertiary/aromatic N) is 1. The fourth-order valence-corrected chi connectivity index (χ4v) is 2.13. The van der Waals surface area contributed by atoms with Crippen molar-refractivity contribution in [3.05, 3.63) is 57.8 Å². The van der Waals surface area contributed by atoms with Crippen molar-refractivity contribution >= 4 is 23.2 Å². The highest BCUT2D eigenvalue weighted by Crippen LogP contribution is 2.33. The van der Waals surface area contributed by atoms with Crippen LogP contribution in [0.15, 0.2) is 36.4 Å². The second-order valence-corrected chi connectivity index (χ2v) is 4.40. The number of ether oxygens (including phenoxy) is 1. The minimum Gasteiger partial charge on any atom is -0.496 e. The molecular formula is C13H11Cl2NO2. The summed E-state index contributed by atoms with van der Waals surface area (Å²) in [6.07, 6.45) is -0.904. The Kier molecular flexibility index (Phi) is 4.07. The summed E-state index contributed by atoms with van der Waals surface area (Å²) in [6, 6.07) is 10.4. The molecule has 94 valence electrons. The average Bonchev–Trinajstić information content (AvgIpc) is 2.38. The van der Waals surface area contributed by atoms with Gasteiger partial charge in [-0.1, -0.05) is 41.4 Å². The van der Waals surface area contributed by atoms with Crippen LogP contribution in [0.2, 0.25) is 10.3 Å². The van der Waals surface area contributed by atoms with E-state index in [1.54, 1.807) is 31.4 Å². The summed E-state index contributed by atoms with van der Waals surface area (Å²) in [7, 11) is 1.55. The Morgan fingerprint density at radius 1 is 1.11 bits per heavy atom. The quantitative estimate of drug-likeness (QED) is 0.877. The normalized spacial score (nSPS) is 12.2. The monoisotopic (exact) mass is 283 g/mol. The fraction of sp³-hybridized carbons (Fsp3) is 0.154. The van der Waals surface area contributed by atoms with Crippen LogP contribution in [0.3, 0.4) is 0 Å². The molecule has 0 aliphatic carbocycles. The number of rotatable bonds is 3. The molecule has 0 radical (unpaired) electrons. The van der Waals surface area contributed by atoms with E-state index in [4.69, 9.17) is 27.9 Å². The van der Waals surface area contributed by atoms with Crippen LogP contribution in [0.5, 0.6) is 5.75 Å². The summed E-state index contributed by atoms with van der Waals surface area (Å²) >= 11 is 11.7. The fourth-order valence-electron chi connectivity index (χ4n) is 1.69. The van der Waals surface area contributed by atoms with Crippen molar-refractivity contribution in [1.29, 1.82) is 0 Å². The van der Waals surface area contributed by atoms with Gasteiger partial charge in [-0.15, -0.1) is 0 Å². The SMILES string of the molecule is COc1ccccc1C(O)c1ccc(Cl)nc1Cl. The molecule has 0 saturated carbocycles. The van der Waals surface area contributed by atoms with E-state index in [-0.39, 0.29) is 10.3 Å². The minimum absolute atomic E-state index is 0.181. The molecule has 0 amide bonds. The maximum atomic E-state index is 10.3. The van der Waals surface area contributed by atoms with Crippen molar-refractivity contribution in [1.82, 2.24) is 4.98 Å². The van der Waals surface area contributed by atoms with Gasteiger partial charge in [-0.25, -0.2) is 4.98 Å². The summed E-state index contributed by atoms with van der Waals surface area (Å²) in [6.45, 7) is 0. The third kappa shape index (κ3) is 2.58. The first-order valence-corrected chi connectivity index (χ1v) is 6.02. The number of methoxy groups -OCH3 is 1. The van der Waals surface area contributed by atoms with E-state index in [1.807, 2.05) is 12.1 Å². The Bertz CT molecular complexity index is 560. The lowest BCUT2D eigenvalue weighted by molar-refractivity contribution is 0.214. The van der Waals surface area contributed by atoms with Crippen molar-refractivity contribution < 1.29 is 9.84 Å². The molecule has 1 aromatic carbocycles. The molecule has 0 aliphatic heterocycles. The molecule has 2 rings (SSSR count). The van der Waals surface area contributed by atoms with Crippen LogP contribution in [0.1, 0.15) is 17.2 Å². The topological polar surface area (TPSA) is 42.4 Å². The Morgan fingerprint density at radius 3 is 2.50 bits per heavy atom. The number of aromatic nitrogens is 1. The largest absolute Gasteiger partial charge is 0.496 e. The molecule has 0 fully saturated rings. The molecule has 2 aromatic rings. The van der Waals surface area contributed by atoms with Crippen molar-refractivity contribution in [2.75, 3.05) is 7.11 Å². The van der Waals surface area contributed by atoms with Crippen LogP contribution in [-0.4, -0.2) is 17.2 Å². The third-order valence-corrected chi connectivity index (χ3v) is 3.08. The molecule has 0 bridgehead atoms. The Hall–Kier alpha value is -1.29. The zero-order chi connectivity index (χ0) is 13.1. The van der Waals surface area contributed by atoms with E-state index in [1.165, 1.54) is 0 Å². The summed E-state index contributed by atoms with van der Waals surface area (Å²) in [5.41, 5.74) is 1.12. The van der Waals surface area contributed by atoms with E-state index in [0.717, 1.165) is 0 Å². The lowest BCUT2D eigenvalue weighted by Gasteiger charge is -2.15. The number of pyridine rings is 1. The standard InChI is InChI=1S/C13H11Cl2NO2/c1-18-10-5-3-2-4-8(10)12(17)9-6-7-11(14)16-13(9)15/h2-7,12,17H,1H3. The molecule has 3 nitrogen and oxygen atoms in total. The van der Waals surface area contributed by atoms with Gasteiger partial charge in [-0.3, -0.25) is 0 Å². The Balaban J connectivity index is 2.44. The predicted octanol–water partition coefficient (Wildman–Crippen LogP) is 3.48. The summed E-state index contributed by atoms with van der Waals surface area (Å²) in [5.74, 6) is 0.594. The lowest BCUT2D eigenvalue weighted by Crippen LogP contribution is -2.03. The van der Waals surface area contributed by atoms with Crippen LogP contribution in [0.4, 0.5) is 0 Å². The van der Waals surface area contributed by atoms with Crippen LogP contribution in [0, 0.1) is 0 Å². The number of para-hydroxylation sites is 1. The number of halogens is 2. The Morgan fingerprint density at radius 2 is 1.83 bits per heavy atom. The maximum absolute atomic E-state index is 10.3. The van der Waals surface area contributed by atoms with E-state index >= 15 is 0 Å². The molecule has 0 spiro atoms. The van der Waals surface area contributed by atoms with E-state index in [0.29, 0.717) is 16.9 Å². The van der Waals surface area contributed by atoms with E-state index in [9.17, 15) is 5.11 Å². The average molecular weight is 284 g/mol. The van der Waals surface area contributed by atoms with Crippen LogP contribution in [0.25, 0.3) is 0 Å². The highest BCUT2D eigenvalue weighted by Gasteiger charge is 2.18. The predicted molar refractivity (Wildman–Crippen MR) is 71.3 cm³/mol. The maximum Gasteiger partial charge on any atom is 0.136 e. The number of hydrogen-bond acceptors (Lipinski definition) is 3. The van der Waals surface area contributed by atoms with Gasteiger partial charge in [-0.05, 0) is 18.2 Å². The molecule has 1 unspecified atom stereocenters. The zero-order valence-electron chi connectivity index (χ0n) is 9.60. The van der Waals surface area contributed by atoms with Gasteiger partial charge in [0.05, 0.1) is 7.11 Å². The first-order valence-electron chi connectivity index (χ1n) is 5.26. The molecule has 1 N–H and O–H groups in total. The van der Waals surface area contributed by atoms with Gasteiger partial charge >= 0.3 is 0 Å². The molecule has 1 heterocycles. The summed E-state index contributed by atoms with van der Waals surface area (Å²) in [5, 5.41) is 10.8. The summed E-state index contributed by atoms with van der Waals surface area (Å²) < 4.78 is 5.20. The molecule has 1 atom stereocenters. The highest BCUT2D eigenvalue weighted by atomic mass is 35.5. The highest BCUT2D eigenvalue weighted by molar-refractivity contribution is 6.32. The first-order chi connectivity index (χ1) is 8.63. The molecule has 1 aromatic heterocycles. The molecule has 0 aliphatic rings. The van der Waals surface area contributed by atoms with Crippen LogP contribution < -0.4 is 4.74 Å². The zero-order valence-corrected chi connectivity index (χ0v) is 11.1. The van der Waals surface area contributed by atoms with Crippen molar-refractivity contribution in [3.63, 3.8) is 0 Å². The van der Waals surface area contributed by atoms with E-state index < -0.39 is 6.10 Å². The van der Waals surface area contributed by atoms with Gasteiger partial charge in [0.25, 0.3) is 0 Å². The Labute approximate surface area is 115 Å². The van der Waals surface area contributed by atoms with Crippen molar-refractivity contribution in [2.24, 2.45) is 0 Å². The molecular weight excluding hydrogens is 273 g/mol. The van der Waals surface area contributed by atoms with Crippen LogP contribution >= 0.6 is 23.2 Å². The van der Waals surface area contributed by atoms with Gasteiger partial charge < -0.3 is 9.84 Å². The van der Waals surface area contributed by atoms with Gasteiger partial charge in [0, 0.05) is 11.1 Å².